The molecule has 1 fully saturated rings. The number of aromatic nitrogens is 2. The minimum atomic E-state index is 0.587. The predicted octanol–water partition coefficient (Wildman–Crippen LogP) is 5.23. The van der Waals surface area contributed by atoms with Gasteiger partial charge in [0.2, 0.25) is 0 Å². The molecule has 0 bridgehead atoms. The summed E-state index contributed by atoms with van der Waals surface area (Å²) in [5.41, 5.74) is 8.28. The minimum absolute atomic E-state index is 0.587. The summed E-state index contributed by atoms with van der Waals surface area (Å²) in [6.07, 6.45) is 4.73. The van der Waals surface area contributed by atoms with Crippen LogP contribution in [-0.2, 0) is 6.54 Å². The van der Waals surface area contributed by atoms with Crippen molar-refractivity contribution in [1.29, 1.82) is 0 Å². The molecule has 3 nitrogen and oxygen atoms in total. The number of benzene rings is 1. The van der Waals surface area contributed by atoms with E-state index in [9.17, 15) is 0 Å². The van der Waals surface area contributed by atoms with E-state index in [-0.39, 0.29) is 0 Å². The van der Waals surface area contributed by atoms with Gasteiger partial charge in [0, 0.05) is 27.5 Å². The third kappa shape index (κ3) is 2.97. The molecule has 0 radical (unpaired) electrons. The molecule has 0 aliphatic heterocycles. The van der Waals surface area contributed by atoms with E-state index in [4.69, 9.17) is 22.3 Å². The van der Waals surface area contributed by atoms with E-state index < -0.39 is 0 Å². The molecular weight excluding hydrogens is 350 g/mol. The van der Waals surface area contributed by atoms with Crippen LogP contribution in [0.1, 0.15) is 44.3 Å². The number of nitrogen functional groups attached to an aromatic ring is 1. The first-order chi connectivity index (χ1) is 10.1. The lowest BCUT2D eigenvalue weighted by molar-refractivity contribution is 0.609. The Kier molecular flexibility index (Phi) is 4.27. The molecule has 2 N–H and O–H groups in total. The zero-order chi connectivity index (χ0) is 15.0. The predicted molar refractivity (Wildman–Crippen MR) is 91.7 cm³/mol. The van der Waals surface area contributed by atoms with Gasteiger partial charge in [-0.3, -0.25) is 0 Å². The molecule has 1 aromatic carbocycles. The first-order valence-electron chi connectivity index (χ1n) is 7.43. The summed E-state index contributed by atoms with van der Waals surface area (Å²) in [4.78, 5) is 4.85. The van der Waals surface area contributed by atoms with Crippen LogP contribution in [0, 0.1) is 0 Å². The molecular formula is C16H19BrClN3. The number of halogens is 2. The van der Waals surface area contributed by atoms with Gasteiger partial charge in [-0.1, -0.05) is 46.9 Å². The van der Waals surface area contributed by atoms with E-state index in [0.29, 0.717) is 10.9 Å². The summed E-state index contributed by atoms with van der Waals surface area (Å²) in [7, 11) is 0. The average Bonchev–Trinajstić information content (AvgIpc) is 3.23. The highest BCUT2D eigenvalue weighted by molar-refractivity contribution is 9.10. The van der Waals surface area contributed by atoms with Gasteiger partial charge < -0.3 is 10.3 Å². The third-order valence-corrected chi connectivity index (χ3v) is 4.79. The molecule has 0 spiro atoms. The third-order valence-electron chi connectivity index (χ3n) is 3.90. The molecule has 1 heterocycles. The van der Waals surface area contributed by atoms with Crippen LogP contribution in [0.15, 0.2) is 22.7 Å². The number of hydrogen-bond donors (Lipinski definition) is 1. The van der Waals surface area contributed by atoms with Crippen molar-refractivity contribution in [1.82, 2.24) is 9.55 Å². The van der Waals surface area contributed by atoms with E-state index >= 15 is 0 Å². The molecule has 2 aromatic rings. The molecule has 0 saturated heterocycles. The second kappa shape index (κ2) is 6.01. The van der Waals surface area contributed by atoms with Crippen LogP contribution in [0.25, 0.3) is 11.3 Å². The largest absolute Gasteiger partial charge is 0.383 e. The van der Waals surface area contributed by atoms with Crippen molar-refractivity contribution < 1.29 is 0 Å². The van der Waals surface area contributed by atoms with Gasteiger partial charge >= 0.3 is 0 Å². The van der Waals surface area contributed by atoms with Gasteiger partial charge in [-0.25, -0.2) is 4.98 Å². The van der Waals surface area contributed by atoms with Gasteiger partial charge in [0.25, 0.3) is 0 Å². The summed E-state index contributed by atoms with van der Waals surface area (Å²) < 4.78 is 3.14. The van der Waals surface area contributed by atoms with E-state index in [1.54, 1.807) is 0 Å². The molecule has 0 atom stereocenters. The lowest BCUT2D eigenvalue weighted by Crippen LogP contribution is -2.06. The second-order valence-electron chi connectivity index (χ2n) is 5.61. The van der Waals surface area contributed by atoms with Crippen molar-refractivity contribution in [3.8, 4) is 11.3 Å². The lowest BCUT2D eigenvalue weighted by atomic mass is 10.1. The van der Waals surface area contributed by atoms with Crippen molar-refractivity contribution >= 4 is 33.3 Å². The van der Waals surface area contributed by atoms with Crippen LogP contribution in [0.3, 0.4) is 0 Å². The van der Waals surface area contributed by atoms with Gasteiger partial charge in [-0.15, -0.1) is 0 Å². The Morgan fingerprint density at radius 1 is 1.43 bits per heavy atom. The van der Waals surface area contributed by atoms with Crippen LogP contribution in [0.5, 0.6) is 0 Å². The number of hydrogen-bond acceptors (Lipinski definition) is 2. The van der Waals surface area contributed by atoms with Crippen LogP contribution >= 0.6 is 27.5 Å². The highest BCUT2D eigenvalue weighted by Gasteiger charge is 2.31. The molecule has 1 aliphatic carbocycles. The molecule has 0 amide bonds. The number of nitrogens with zero attached hydrogens (tertiary/aromatic N) is 2. The van der Waals surface area contributed by atoms with Gasteiger partial charge in [-0.2, -0.15) is 0 Å². The van der Waals surface area contributed by atoms with Crippen LogP contribution in [-0.4, -0.2) is 9.55 Å². The average molecular weight is 369 g/mol. The maximum atomic E-state index is 6.40. The van der Waals surface area contributed by atoms with Crippen LogP contribution in [0.4, 0.5) is 5.82 Å². The van der Waals surface area contributed by atoms with Crippen molar-refractivity contribution in [2.75, 3.05) is 5.73 Å². The fraction of sp³-hybridized carbons (Fsp3) is 0.438. The molecule has 5 heteroatoms. The minimum Gasteiger partial charge on any atom is -0.383 e. The lowest BCUT2D eigenvalue weighted by Gasteiger charge is -2.08. The highest BCUT2D eigenvalue weighted by Crippen LogP contribution is 2.43. The molecule has 1 aromatic heterocycles. The summed E-state index contributed by atoms with van der Waals surface area (Å²) in [6.45, 7) is 3.15. The fourth-order valence-corrected chi connectivity index (χ4v) is 3.44. The number of imidazole rings is 1. The smallest absolute Gasteiger partial charge is 0.131 e. The van der Waals surface area contributed by atoms with E-state index in [1.165, 1.54) is 12.8 Å². The Hall–Kier alpha value is -1.00. The monoisotopic (exact) mass is 367 g/mol. The molecule has 1 saturated carbocycles. The SMILES string of the molecule is CCCCn1c(C2CC2)nc(-c2ccc(Cl)cc2Br)c1N. The van der Waals surface area contributed by atoms with E-state index in [2.05, 4.69) is 27.4 Å². The molecule has 3 rings (SSSR count). The Morgan fingerprint density at radius 3 is 2.81 bits per heavy atom. The fourth-order valence-electron chi connectivity index (χ4n) is 2.57. The van der Waals surface area contributed by atoms with Crippen molar-refractivity contribution in [2.24, 2.45) is 0 Å². The highest BCUT2D eigenvalue weighted by atomic mass is 79.9. The van der Waals surface area contributed by atoms with Gasteiger partial charge in [-0.05, 0) is 31.4 Å². The topological polar surface area (TPSA) is 43.8 Å². The zero-order valence-corrected chi connectivity index (χ0v) is 14.4. The molecule has 21 heavy (non-hydrogen) atoms. The van der Waals surface area contributed by atoms with Gasteiger partial charge in [0.1, 0.15) is 17.3 Å². The Morgan fingerprint density at radius 2 is 2.19 bits per heavy atom. The number of nitrogens with two attached hydrogens (primary N) is 1. The summed E-state index contributed by atoms with van der Waals surface area (Å²) in [5.74, 6) is 2.51. The number of rotatable bonds is 5. The van der Waals surface area contributed by atoms with Crippen LogP contribution < -0.4 is 5.73 Å². The first kappa shape index (κ1) is 14.9. The van der Waals surface area contributed by atoms with E-state index in [1.807, 2.05) is 18.2 Å². The summed E-state index contributed by atoms with van der Waals surface area (Å²) in [5, 5.41) is 0.706. The Bertz CT molecular complexity index is 662. The summed E-state index contributed by atoms with van der Waals surface area (Å²) >= 11 is 9.59. The molecule has 0 unspecified atom stereocenters. The molecule has 112 valence electrons. The van der Waals surface area contributed by atoms with Gasteiger partial charge in [0.15, 0.2) is 0 Å². The number of anilines is 1. The normalized spacial score (nSPS) is 14.6. The van der Waals surface area contributed by atoms with Crippen molar-refractivity contribution in [3.05, 3.63) is 33.5 Å². The van der Waals surface area contributed by atoms with E-state index in [0.717, 1.165) is 46.8 Å². The first-order valence-corrected chi connectivity index (χ1v) is 8.60. The number of unbranched alkanes of at least 4 members (excludes halogenated alkanes) is 1. The Balaban J connectivity index is 2.06. The summed E-state index contributed by atoms with van der Waals surface area (Å²) in [6, 6.07) is 5.74. The molecule has 1 aliphatic rings. The standard InChI is InChI=1S/C16H19BrClN3/c1-2-3-8-21-15(19)14(20-16(21)10-4-5-10)12-7-6-11(18)9-13(12)17/h6-7,9-10H,2-5,8,19H2,1H3. The van der Waals surface area contributed by atoms with Crippen LogP contribution in [0.2, 0.25) is 5.02 Å². The Labute approximate surface area is 138 Å². The maximum Gasteiger partial charge on any atom is 0.131 e. The van der Waals surface area contributed by atoms with Crippen molar-refractivity contribution in [3.63, 3.8) is 0 Å². The second-order valence-corrected chi connectivity index (χ2v) is 6.90. The quantitative estimate of drug-likeness (QED) is 0.785. The van der Waals surface area contributed by atoms with Crippen molar-refractivity contribution in [2.45, 2.75) is 45.1 Å². The zero-order valence-electron chi connectivity index (χ0n) is 12.1. The van der Waals surface area contributed by atoms with Gasteiger partial charge in [0.05, 0.1) is 0 Å². The maximum absolute atomic E-state index is 6.40.